The summed E-state index contributed by atoms with van der Waals surface area (Å²) in [7, 11) is 2.18. The number of hydrogen-bond donors (Lipinski definition) is 1. The van der Waals surface area contributed by atoms with Crippen molar-refractivity contribution in [1.29, 1.82) is 5.26 Å². The summed E-state index contributed by atoms with van der Waals surface area (Å²) in [5, 5.41) is 13.4. The monoisotopic (exact) mass is 277 g/mol. The van der Waals surface area contributed by atoms with Crippen molar-refractivity contribution in [2.24, 2.45) is 11.8 Å². The Morgan fingerprint density at radius 2 is 1.90 bits per heavy atom. The molecule has 1 N–H and O–H groups in total. The molecule has 1 atom stereocenters. The van der Waals surface area contributed by atoms with Crippen molar-refractivity contribution < 1.29 is 4.74 Å². The molecule has 3 rings (SSSR count). The van der Waals surface area contributed by atoms with Gasteiger partial charge >= 0.3 is 0 Å². The smallest absolute Gasteiger partial charge is 0.122 e. The molecule has 3 aliphatic rings. The maximum absolute atomic E-state index is 9.76. The van der Waals surface area contributed by atoms with Gasteiger partial charge in [-0.1, -0.05) is 0 Å². The number of likely N-dealkylation sites (N-methyl/N-ethyl adjacent to an activating group) is 1. The highest BCUT2D eigenvalue weighted by Crippen LogP contribution is 2.41. The molecule has 0 aromatic heterocycles. The van der Waals surface area contributed by atoms with Gasteiger partial charge in [-0.3, -0.25) is 5.32 Å². The molecule has 3 fully saturated rings. The molecule has 0 radical (unpaired) electrons. The lowest BCUT2D eigenvalue weighted by molar-refractivity contribution is 0.0528. The summed E-state index contributed by atoms with van der Waals surface area (Å²) in [6.07, 6.45) is 7.28. The van der Waals surface area contributed by atoms with Gasteiger partial charge < -0.3 is 9.64 Å². The SMILES string of the molecule is CN(CC1CCOCC1)CC(C#N)(NC1CC1)C1CC1. The fourth-order valence-corrected chi connectivity index (χ4v) is 3.48. The third-order valence-electron chi connectivity index (χ3n) is 4.94. The first kappa shape index (κ1) is 14.3. The normalized spacial score (nSPS) is 27.2. The molecule has 1 heterocycles. The summed E-state index contributed by atoms with van der Waals surface area (Å²) >= 11 is 0. The minimum absolute atomic E-state index is 0.291. The molecule has 2 aliphatic carbocycles. The Hall–Kier alpha value is -0.630. The zero-order chi connectivity index (χ0) is 14.0. The standard InChI is InChI=1S/C16H27N3O/c1-19(10-13-6-8-20-9-7-13)12-16(11-17,14-2-3-14)18-15-4-5-15/h13-15,18H,2-10,12H2,1H3. The van der Waals surface area contributed by atoms with Gasteiger partial charge in [0.05, 0.1) is 6.07 Å². The number of nitrogens with zero attached hydrogens (tertiary/aromatic N) is 2. The van der Waals surface area contributed by atoms with Gasteiger partial charge in [0.25, 0.3) is 0 Å². The fourth-order valence-electron chi connectivity index (χ4n) is 3.48. The number of nitriles is 1. The molecule has 0 amide bonds. The van der Waals surface area contributed by atoms with E-state index in [9.17, 15) is 5.26 Å². The highest BCUT2D eigenvalue weighted by atomic mass is 16.5. The number of nitrogens with one attached hydrogen (secondary N) is 1. The summed E-state index contributed by atoms with van der Waals surface area (Å²) in [5.41, 5.74) is -0.291. The second-order valence-electron chi connectivity index (χ2n) is 7.03. The second-order valence-corrected chi connectivity index (χ2v) is 7.03. The second kappa shape index (κ2) is 6.01. The Morgan fingerprint density at radius 1 is 1.20 bits per heavy atom. The van der Waals surface area contributed by atoms with Crippen LogP contribution in [0.5, 0.6) is 0 Å². The zero-order valence-corrected chi connectivity index (χ0v) is 12.6. The number of ether oxygens (including phenoxy) is 1. The maximum Gasteiger partial charge on any atom is 0.122 e. The van der Waals surface area contributed by atoms with Crippen LogP contribution in [0.2, 0.25) is 0 Å². The molecule has 1 unspecified atom stereocenters. The zero-order valence-electron chi connectivity index (χ0n) is 12.6. The number of hydrogen-bond acceptors (Lipinski definition) is 4. The quantitative estimate of drug-likeness (QED) is 0.770. The average Bonchev–Trinajstić information content (AvgIpc) is 3.32. The van der Waals surface area contributed by atoms with Crippen molar-refractivity contribution in [2.75, 3.05) is 33.4 Å². The van der Waals surface area contributed by atoms with Crippen LogP contribution in [-0.4, -0.2) is 49.8 Å². The van der Waals surface area contributed by atoms with Crippen LogP contribution in [0.15, 0.2) is 0 Å². The molecule has 0 aromatic rings. The largest absolute Gasteiger partial charge is 0.381 e. The molecule has 4 heteroatoms. The molecule has 1 saturated heterocycles. The van der Waals surface area contributed by atoms with Gasteiger partial charge in [0.15, 0.2) is 0 Å². The third-order valence-corrected chi connectivity index (χ3v) is 4.94. The first-order valence-electron chi connectivity index (χ1n) is 8.17. The van der Waals surface area contributed by atoms with E-state index in [4.69, 9.17) is 4.74 Å². The van der Waals surface area contributed by atoms with Gasteiger partial charge in [-0.25, -0.2) is 0 Å². The average molecular weight is 277 g/mol. The van der Waals surface area contributed by atoms with Gasteiger partial charge in [-0.15, -0.1) is 0 Å². The molecule has 1 aliphatic heterocycles. The van der Waals surface area contributed by atoms with E-state index in [0.29, 0.717) is 12.0 Å². The molecule has 4 nitrogen and oxygen atoms in total. The summed E-state index contributed by atoms with van der Waals surface area (Å²) < 4.78 is 5.43. The van der Waals surface area contributed by atoms with Gasteiger partial charge in [0.1, 0.15) is 5.54 Å². The maximum atomic E-state index is 9.76. The minimum atomic E-state index is -0.291. The Morgan fingerprint density at radius 3 is 2.45 bits per heavy atom. The molecular weight excluding hydrogens is 250 g/mol. The van der Waals surface area contributed by atoms with E-state index in [0.717, 1.165) is 32.2 Å². The molecule has 0 spiro atoms. The van der Waals surface area contributed by atoms with E-state index in [2.05, 4.69) is 23.3 Å². The van der Waals surface area contributed by atoms with Crippen LogP contribution < -0.4 is 5.32 Å². The predicted molar refractivity (Wildman–Crippen MR) is 78.3 cm³/mol. The van der Waals surface area contributed by atoms with Crippen molar-refractivity contribution in [2.45, 2.75) is 50.1 Å². The van der Waals surface area contributed by atoms with Gasteiger partial charge in [0.2, 0.25) is 0 Å². The molecule has 0 bridgehead atoms. The summed E-state index contributed by atoms with van der Waals surface area (Å²) in [6.45, 7) is 3.80. The highest BCUT2D eigenvalue weighted by molar-refractivity contribution is 5.18. The van der Waals surface area contributed by atoms with E-state index in [-0.39, 0.29) is 5.54 Å². The molecular formula is C16H27N3O. The van der Waals surface area contributed by atoms with Crippen molar-refractivity contribution in [3.63, 3.8) is 0 Å². The fraction of sp³-hybridized carbons (Fsp3) is 0.938. The molecule has 2 saturated carbocycles. The van der Waals surface area contributed by atoms with Crippen molar-refractivity contribution >= 4 is 0 Å². The Bertz CT molecular complexity index is 366. The van der Waals surface area contributed by atoms with E-state index in [1.54, 1.807) is 0 Å². The summed E-state index contributed by atoms with van der Waals surface area (Å²) in [4.78, 5) is 2.38. The van der Waals surface area contributed by atoms with Crippen LogP contribution in [0.4, 0.5) is 0 Å². The van der Waals surface area contributed by atoms with Crippen molar-refractivity contribution in [1.82, 2.24) is 10.2 Å². The lowest BCUT2D eigenvalue weighted by atomic mass is 9.92. The van der Waals surface area contributed by atoms with Crippen LogP contribution in [-0.2, 0) is 4.74 Å². The van der Waals surface area contributed by atoms with Crippen LogP contribution in [0.1, 0.15) is 38.5 Å². The van der Waals surface area contributed by atoms with Gasteiger partial charge in [-0.05, 0) is 57.4 Å². The first-order valence-corrected chi connectivity index (χ1v) is 8.17. The third kappa shape index (κ3) is 3.52. The lowest BCUT2D eigenvalue weighted by Gasteiger charge is -2.35. The first-order chi connectivity index (χ1) is 9.72. The topological polar surface area (TPSA) is 48.3 Å². The van der Waals surface area contributed by atoms with Crippen LogP contribution in [0.3, 0.4) is 0 Å². The lowest BCUT2D eigenvalue weighted by Crippen LogP contribution is -2.55. The van der Waals surface area contributed by atoms with Crippen LogP contribution in [0, 0.1) is 23.2 Å². The highest BCUT2D eigenvalue weighted by Gasteiger charge is 2.48. The van der Waals surface area contributed by atoms with Crippen LogP contribution >= 0.6 is 0 Å². The van der Waals surface area contributed by atoms with Crippen molar-refractivity contribution in [3.8, 4) is 6.07 Å². The molecule has 20 heavy (non-hydrogen) atoms. The number of rotatable bonds is 7. The molecule has 0 aromatic carbocycles. The summed E-state index contributed by atoms with van der Waals surface area (Å²) in [5.74, 6) is 1.32. The Kier molecular flexibility index (Phi) is 4.30. The molecule has 112 valence electrons. The van der Waals surface area contributed by atoms with Crippen molar-refractivity contribution in [3.05, 3.63) is 0 Å². The van der Waals surface area contributed by atoms with E-state index in [1.165, 1.54) is 38.5 Å². The Balaban J connectivity index is 1.55. The van der Waals surface area contributed by atoms with E-state index < -0.39 is 0 Å². The van der Waals surface area contributed by atoms with E-state index in [1.807, 2.05) is 0 Å². The van der Waals surface area contributed by atoms with Gasteiger partial charge in [0, 0.05) is 32.3 Å². The minimum Gasteiger partial charge on any atom is -0.381 e. The Labute approximate surface area is 122 Å². The summed E-state index contributed by atoms with van der Waals surface area (Å²) in [6, 6.07) is 3.24. The van der Waals surface area contributed by atoms with E-state index >= 15 is 0 Å². The predicted octanol–water partition coefficient (Wildman–Crippen LogP) is 1.77. The van der Waals surface area contributed by atoms with Gasteiger partial charge in [-0.2, -0.15) is 5.26 Å². The van der Waals surface area contributed by atoms with Crippen LogP contribution in [0.25, 0.3) is 0 Å².